The Hall–Kier alpha value is -0.790. The highest BCUT2D eigenvalue weighted by molar-refractivity contribution is 5.87. The van der Waals surface area contributed by atoms with E-state index in [-0.39, 0.29) is 12.1 Å². The van der Waals surface area contributed by atoms with E-state index >= 15 is 0 Å². The maximum absolute atomic E-state index is 11.6. The first-order valence-corrected chi connectivity index (χ1v) is 5.95. The predicted molar refractivity (Wildman–Crippen MR) is 63.7 cm³/mol. The molecule has 0 aromatic carbocycles. The van der Waals surface area contributed by atoms with Crippen LogP contribution in [0.3, 0.4) is 0 Å². The molecule has 0 aliphatic rings. The molecule has 0 fully saturated rings. The van der Waals surface area contributed by atoms with Crippen molar-refractivity contribution in [2.75, 3.05) is 0 Å². The van der Waals surface area contributed by atoms with Crippen LogP contribution >= 0.6 is 0 Å². The standard InChI is InChI=1S/C13H24O2/c1-6-9-12(10(4)7-2)15-13(14)11(5)8-3/h10,12H,5-9H2,1-4H3. The summed E-state index contributed by atoms with van der Waals surface area (Å²) >= 11 is 0. The van der Waals surface area contributed by atoms with E-state index < -0.39 is 0 Å². The fraction of sp³-hybridized carbons (Fsp3) is 0.769. The second-order valence-corrected chi connectivity index (χ2v) is 4.08. The Labute approximate surface area is 93.7 Å². The summed E-state index contributed by atoms with van der Waals surface area (Å²) in [5, 5.41) is 0. The van der Waals surface area contributed by atoms with E-state index in [1.807, 2.05) is 6.92 Å². The van der Waals surface area contributed by atoms with Crippen molar-refractivity contribution in [3.8, 4) is 0 Å². The molecule has 0 spiro atoms. The molecule has 2 nitrogen and oxygen atoms in total. The van der Waals surface area contributed by atoms with Gasteiger partial charge in [-0.1, -0.05) is 47.1 Å². The highest BCUT2D eigenvalue weighted by Gasteiger charge is 2.20. The van der Waals surface area contributed by atoms with E-state index in [0.717, 1.165) is 19.3 Å². The van der Waals surface area contributed by atoms with Crippen LogP contribution in [0.4, 0.5) is 0 Å². The number of hydrogen-bond acceptors (Lipinski definition) is 2. The van der Waals surface area contributed by atoms with Crippen molar-refractivity contribution < 1.29 is 9.53 Å². The Morgan fingerprint density at radius 2 is 1.93 bits per heavy atom. The smallest absolute Gasteiger partial charge is 0.333 e. The van der Waals surface area contributed by atoms with Crippen LogP contribution < -0.4 is 0 Å². The number of esters is 1. The molecule has 0 radical (unpaired) electrons. The second kappa shape index (κ2) is 7.49. The second-order valence-electron chi connectivity index (χ2n) is 4.08. The third-order valence-electron chi connectivity index (χ3n) is 2.83. The van der Waals surface area contributed by atoms with Crippen LogP contribution in [0.25, 0.3) is 0 Å². The van der Waals surface area contributed by atoms with E-state index in [4.69, 9.17) is 4.74 Å². The minimum atomic E-state index is -0.226. The predicted octanol–water partition coefficient (Wildman–Crippen LogP) is 3.71. The van der Waals surface area contributed by atoms with Crippen molar-refractivity contribution >= 4 is 5.97 Å². The number of rotatable bonds is 7. The molecule has 0 N–H and O–H groups in total. The van der Waals surface area contributed by atoms with Gasteiger partial charge in [-0.3, -0.25) is 0 Å². The SMILES string of the molecule is C=C(CC)C(=O)OC(CCC)C(C)CC. The van der Waals surface area contributed by atoms with Gasteiger partial charge in [0.2, 0.25) is 0 Å². The van der Waals surface area contributed by atoms with Gasteiger partial charge in [-0.05, 0) is 18.8 Å². The molecule has 0 aromatic heterocycles. The first-order valence-electron chi connectivity index (χ1n) is 5.95. The molecule has 0 saturated carbocycles. The maximum atomic E-state index is 11.6. The number of carbonyl (C=O) groups is 1. The third-order valence-corrected chi connectivity index (χ3v) is 2.83. The zero-order chi connectivity index (χ0) is 11.8. The molecule has 0 heterocycles. The van der Waals surface area contributed by atoms with Crippen molar-refractivity contribution in [1.29, 1.82) is 0 Å². The lowest BCUT2D eigenvalue weighted by molar-refractivity contribution is -0.147. The van der Waals surface area contributed by atoms with E-state index in [1.165, 1.54) is 0 Å². The van der Waals surface area contributed by atoms with Crippen molar-refractivity contribution in [2.24, 2.45) is 5.92 Å². The molecule has 88 valence electrons. The molecule has 2 heteroatoms. The summed E-state index contributed by atoms with van der Waals surface area (Å²) in [6, 6.07) is 0. The molecular weight excluding hydrogens is 188 g/mol. The average Bonchev–Trinajstić information content (AvgIpc) is 2.26. The van der Waals surface area contributed by atoms with Crippen LogP contribution in [-0.4, -0.2) is 12.1 Å². The molecule has 0 aliphatic heterocycles. The van der Waals surface area contributed by atoms with Gasteiger partial charge in [-0.15, -0.1) is 0 Å². The van der Waals surface area contributed by atoms with Gasteiger partial charge in [0, 0.05) is 5.57 Å². The van der Waals surface area contributed by atoms with Crippen molar-refractivity contribution in [3.63, 3.8) is 0 Å². The number of carbonyl (C=O) groups excluding carboxylic acids is 1. The Balaban J connectivity index is 4.27. The van der Waals surface area contributed by atoms with Gasteiger partial charge in [0.25, 0.3) is 0 Å². The van der Waals surface area contributed by atoms with Gasteiger partial charge >= 0.3 is 5.97 Å². The minimum absolute atomic E-state index is 0.0517. The van der Waals surface area contributed by atoms with Crippen LogP contribution in [0.1, 0.15) is 53.4 Å². The van der Waals surface area contributed by atoms with Gasteiger partial charge < -0.3 is 4.74 Å². The molecule has 2 atom stereocenters. The first kappa shape index (κ1) is 14.2. The lowest BCUT2D eigenvalue weighted by Gasteiger charge is -2.23. The monoisotopic (exact) mass is 212 g/mol. The Morgan fingerprint density at radius 3 is 2.33 bits per heavy atom. The minimum Gasteiger partial charge on any atom is -0.459 e. The Kier molecular flexibility index (Phi) is 7.10. The lowest BCUT2D eigenvalue weighted by Crippen LogP contribution is -2.25. The highest BCUT2D eigenvalue weighted by atomic mass is 16.5. The highest BCUT2D eigenvalue weighted by Crippen LogP contribution is 2.18. The van der Waals surface area contributed by atoms with E-state index in [2.05, 4.69) is 27.4 Å². The third kappa shape index (κ3) is 5.01. The molecule has 15 heavy (non-hydrogen) atoms. The van der Waals surface area contributed by atoms with Gasteiger partial charge in [0.1, 0.15) is 6.10 Å². The van der Waals surface area contributed by atoms with Crippen LogP contribution in [0.15, 0.2) is 12.2 Å². The average molecular weight is 212 g/mol. The summed E-state index contributed by atoms with van der Waals surface area (Å²) in [5.74, 6) is 0.204. The molecule has 0 rings (SSSR count). The zero-order valence-electron chi connectivity index (χ0n) is 10.5. The fourth-order valence-corrected chi connectivity index (χ4v) is 1.37. The first-order chi connectivity index (χ1) is 7.06. The summed E-state index contributed by atoms with van der Waals surface area (Å²) in [4.78, 5) is 11.6. The molecule has 0 amide bonds. The van der Waals surface area contributed by atoms with E-state index in [9.17, 15) is 4.79 Å². The summed E-state index contributed by atoms with van der Waals surface area (Å²) < 4.78 is 5.46. The van der Waals surface area contributed by atoms with Crippen molar-refractivity contribution in [3.05, 3.63) is 12.2 Å². The summed E-state index contributed by atoms with van der Waals surface area (Å²) in [6.07, 6.45) is 3.74. The molecule has 0 aliphatic carbocycles. The van der Waals surface area contributed by atoms with Gasteiger partial charge in [0.05, 0.1) is 0 Å². The largest absolute Gasteiger partial charge is 0.459 e. The summed E-state index contributed by atoms with van der Waals surface area (Å²) in [6.45, 7) is 12.0. The number of ether oxygens (including phenoxy) is 1. The topological polar surface area (TPSA) is 26.3 Å². The number of hydrogen-bond donors (Lipinski definition) is 0. The van der Waals surface area contributed by atoms with Gasteiger partial charge in [-0.25, -0.2) is 4.79 Å². The molecular formula is C13H24O2. The van der Waals surface area contributed by atoms with E-state index in [0.29, 0.717) is 17.9 Å². The van der Waals surface area contributed by atoms with Gasteiger partial charge in [-0.2, -0.15) is 0 Å². The Bertz CT molecular complexity index is 209. The maximum Gasteiger partial charge on any atom is 0.333 e. The summed E-state index contributed by atoms with van der Waals surface area (Å²) in [5.41, 5.74) is 0.569. The Morgan fingerprint density at radius 1 is 1.33 bits per heavy atom. The molecule has 0 bridgehead atoms. The van der Waals surface area contributed by atoms with Crippen molar-refractivity contribution in [1.82, 2.24) is 0 Å². The molecule has 2 unspecified atom stereocenters. The fourth-order valence-electron chi connectivity index (χ4n) is 1.37. The molecule has 0 saturated heterocycles. The molecule has 0 aromatic rings. The van der Waals surface area contributed by atoms with Crippen LogP contribution in [-0.2, 0) is 9.53 Å². The van der Waals surface area contributed by atoms with Crippen LogP contribution in [0.5, 0.6) is 0 Å². The van der Waals surface area contributed by atoms with Crippen LogP contribution in [0, 0.1) is 5.92 Å². The van der Waals surface area contributed by atoms with Crippen molar-refractivity contribution in [2.45, 2.75) is 59.5 Å². The van der Waals surface area contributed by atoms with Crippen LogP contribution in [0.2, 0.25) is 0 Å². The lowest BCUT2D eigenvalue weighted by atomic mass is 9.98. The van der Waals surface area contributed by atoms with Gasteiger partial charge in [0.15, 0.2) is 0 Å². The zero-order valence-corrected chi connectivity index (χ0v) is 10.5. The quantitative estimate of drug-likeness (QED) is 0.475. The normalized spacial score (nSPS) is 14.4. The van der Waals surface area contributed by atoms with E-state index in [1.54, 1.807) is 0 Å². The summed E-state index contributed by atoms with van der Waals surface area (Å²) in [7, 11) is 0.